The van der Waals surface area contributed by atoms with Gasteiger partial charge in [0.05, 0.1) is 0 Å². The summed E-state index contributed by atoms with van der Waals surface area (Å²) in [5, 5.41) is 0.363. The Hall–Kier alpha value is -1.55. The lowest BCUT2D eigenvalue weighted by Gasteiger charge is -2.07. The second kappa shape index (κ2) is 5.61. The maximum Gasteiger partial charge on any atom is 0.134 e. The molecule has 19 heavy (non-hydrogen) atoms. The van der Waals surface area contributed by atoms with Crippen LogP contribution in [0.3, 0.4) is 0 Å². The first kappa shape index (κ1) is 13.9. The van der Waals surface area contributed by atoms with Gasteiger partial charge in [-0.05, 0) is 31.5 Å². The van der Waals surface area contributed by atoms with Crippen LogP contribution in [0.5, 0.6) is 0 Å². The van der Waals surface area contributed by atoms with Crippen LogP contribution in [-0.4, -0.2) is 9.55 Å². The quantitative estimate of drug-likeness (QED) is 0.919. The Kier molecular flexibility index (Phi) is 4.10. The number of benzene rings is 1. The van der Waals surface area contributed by atoms with Gasteiger partial charge in [-0.2, -0.15) is 0 Å². The number of aryl methyl sites for hydroxylation is 1. The molecule has 0 fully saturated rings. The van der Waals surface area contributed by atoms with Crippen LogP contribution in [-0.2, 0) is 6.54 Å². The molecule has 0 atom stereocenters. The summed E-state index contributed by atoms with van der Waals surface area (Å²) in [6.45, 7) is 4.79. The summed E-state index contributed by atoms with van der Waals surface area (Å²) in [6, 6.07) is 4.52. The molecule has 0 aliphatic rings. The van der Waals surface area contributed by atoms with Crippen molar-refractivity contribution in [1.29, 1.82) is 0 Å². The first-order valence-corrected chi connectivity index (χ1v) is 6.70. The molecule has 102 valence electrons. The van der Waals surface area contributed by atoms with Crippen molar-refractivity contribution in [3.8, 4) is 11.3 Å². The molecule has 2 rings (SSSR count). The van der Waals surface area contributed by atoms with Crippen molar-refractivity contribution < 1.29 is 4.39 Å². The Balaban J connectivity index is 2.45. The van der Waals surface area contributed by atoms with E-state index >= 15 is 0 Å². The smallest absolute Gasteiger partial charge is 0.134 e. The van der Waals surface area contributed by atoms with Crippen LogP contribution in [0.25, 0.3) is 11.3 Å². The molecular formula is C14H17ClFN3. The molecule has 1 heterocycles. The lowest BCUT2D eigenvalue weighted by atomic mass is 10.1. The van der Waals surface area contributed by atoms with Crippen LogP contribution >= 0.6 is 11.6 Å². The highest BCUT2D eigenvalue weighted by molar-refractivity contribution is 6.30. The normalized spacial score (nSPS) is 10.9. The van der Waals surface area contributed by atoms with Gasteiger partial charge in [0.15, 0.2) is 0 Å². The van der Waals surface area contributed by atoms with E-state index in [-0.39, 0.29) is 0 Å². The third kappa shape index (κ3) is 2.73. The number of halogens is 2. The molecule has 0 radical (unpaired) electrons. The number of hydrogen-bond donors (Lipinski definition) is 1. The van der Waals surface area contributed by atoms with E-state index in [4.69, 9.17) is 17.3 Å². The van der Waals surface area contributed by atoms with Gasteiger partial charge in [0.2, 0.25) is 0 Å². The molecule has 0 amide bonds. The van der Waals surface area contributed by atoms with Crippen LogP contribution in [0.2, 0.25) is 5.02 Å². The number of hydrogen-bond acceptors (Lipinski definition) is 2. The van der Waals surface area contributed by atoms with Gasteiger partial charge < -0.3 is 10.3 Å². The molecule has 2 aromatic rings. The minimum absolute atomic E-state index is 0.363. The minimum atomic E-state index is -0.403. The Labute approximate surface area is 117 Å². The standard InChI is InChI=1S/C14H17ClFN3/c1-3-4-7-19-9(2)18-13(14(19)17)11-6-5-10(15)8-12(11)16/h5-6,8H,3-4,7,17H2,1-2H3. The van der Waals surface area contributed by atoms with E-state index in [0.29, 0.717) is 22.1 Å². The number of nitrogens with two attached hydrogens (primary N) is 1. The van der Waals surface area contributed by atoms with Gasteiger partial charge in [-0.3, -0.25) is 0 Å². The highest BCUT2D eigenvalue weighted by Crippen LogP contribution is 2.30. The average molecular weight is 282 g/mol. The molecule has 0 saturated heterocycles. The molecule has 0 aliphatic heterocycles. The van der Waals surface area contributed by atoms with Crippen LogP contribution in [0, 0.1) is 12.7 Å². The number of unbranched alkanes of at least 4 members (excludes halogenated alkanes) is 1. The third-order valence-electron chi connectivity index (χ3n) is 3.12. The maximum absolute atomic E-state index is 13.9. The molecule has 0 spiro atoms. The van der Waals surface area contributed by atoms with Crippen LogP contribution in [0.15, 0.2) is 18.2 Å². The van der Waals surface area contributed by atoms with Gasteiger partial charge in [0.25, 0.3) is 0 Å². The molecule has 0 unspecified atom stereocenters. The first-order chi connectivity index (χ1) is 9.04. The summed E-state index contributed by atoms with van der Waals surface area (Å²) in [7, 11) is 0. The van der Waals surface area contributed by atoms with E-state index in [0.717, 1.165) is 25.2 Å². The topological polar surface area (TPSA) is 43.8 Å². The molecule has 1 aromatic carbocycles. The number of aromatic nitrogens is 2. The van der Waals surface area contributed by atoms with E-state index in [1.54, 1.807) is 12.1 Å². The second-order valence-electron chi connectivity index (χ2n) is 4.52. The fraction of sp³-hybridized carbons (Fsp3) is 0.357. The van der Waals surface area contributed by atoms with Crippen molar-refractivity contribution in [2.75, 3.05) is 5.73 Å². The van der Waals surface area contributed by atoms with Crippen molar-refractivity contribution in [3.05, 3.63) is 34.9 Å². The summed E-state index contributed by atoms with van der Waals surface area (Å²) in [6.07, 6.45) is 2.09. The molecule has 1 aromatic heterocycles. The number of rotatable bonds is 4. The highest BCUT2D eigenvalue weighted by atomic mass is 35.5. The van der Waals surface area contributed by atoms with Crippen molar-refractivity contribution in [1.82, 2.24) is 9.55 Å². The van der Waals surface area contributed by atoms with Crippen molar-refractivity contribution in [2.45, 2.75) is 33.2 Å². The zero-order valence-corrected chi connectivity index (χ0v) is 11.8. The van der Waals surface area contributed by atoms with Crippen molar-refractivity contribution >= 4 is 17.4 Å². The lowest BCUT2D eigenvalue weighted by molar-refractivity contribution is 0.622. The molecule has 3 nitrogen and oxygen atoms in total. The number of imidazole rings is 1. The lowest BCUT2D eigenvalue weighted by Crippen LogP contribution is -2.05. The molecule has 2 N–H and O–H groups in total. The molecule has 5 heteroatoms. The highest BCUT2D eigenvalue weighted by Gasteiger charge is 2.16. The zero-order chi connectivity index (χ0) is 14.0. The Bertz CT molecular complexity index is 593. The van der Waals surface area contributed by atoms with Crippen LogP contribution < -0.4 is 5.73 Å². The molecule has 0 aliphatic carbocycles. The molecule has 0 saturated carbocycles. The Morgan fingerprint density at radius 1 is 1.42 bits per heavy atom. The predicted molar refractivity (Wildman–Crippen MR) is 76.7 cm³/mol. The van der Waals surface area contributed by atoms with E-state index in [2.05, 4.69) is 11.9 Å². The number of anilines is 1. The number of nitrogen functional groups attached to an aromatic ring is 1. The van der Waals surface area contributed by atoms with E-state index < -0.39 is 5.82 Å². The summed E-state index contributed by atoms with van der Waals surface area (Å²) >= 11 is 5.75. The summed E-state index contributed by atoms with van der Waals surface area (Å²) in [5.74, 6) is 0.904. The predicted octanol–water partition coefficient (Wildman–Crippen LogP) is 4.03. The first-order valence-electron chi connectivity index (χ1n) is 6.32. The molecular weight excluding hydrogens is 265 g/mol. The largest absolute Gasteiger partial charge is 0.383 e. The average Bonchev–Trinajstić information content (AvgIpc) is 2.63. The van der Waals surface area contributed by atoms with Gasteiger partial charge in [0, 0.05) is 17.1 Å². The van der Waals surface area contributed by atoms with Crippen molar-refractivity contribution in [3.63, 3.8) is 0 Å². The van der Waals surface area contributed by atoms with E-state index in [1.807, 2.05) is 11.5 Å². The maximum atomic E-state index is 13.9. The van der Waals surface area contributed by atoms with E-state index in [9.17, 15) is 4.39 Å². The monoisotopic (exact) mass is 281 g/mol. The van der Waals surface area contributed by atoms with Gasteiger partial charge in [-0.25, -0.2) is 9.37 Å². The van der Waals surface area contributed by atoms with Crippen molar-refractivity contribution in [2.24, 2.45) is 0 Å². The van der Waals surface area contributed by atoms with Crippen LogP contribution in [0.1, 0.15) is 25.6 Å². The van der Waals surface area contributed by atoms with Crippen LogP contribution in [0.4, 0.5) is 10.2 Å². The summed E-state index contributed by atoms with van der Waals surface area (Å²) < 4.78 is 15.8. The summed E-state index contributed by atoms with van der Waals surface area (Å²) in [5.41, 5.74) is 6.96. The van der Waals surface area contributed by atoms with Gasteiger partial charge >= 0.3 is 0 Å². The Morgan fingerprint density at radius 2 is 2.16 bits per heavy atom. The SMILES string of the molecule is CCCCn1c(C)nc(-c2ccc(Cl)cc2F)c1N. The number of nitrogens with zero attached hydrogens (tertiary/aromatic N) is 2. The van der Waals surface area contributed by atoms with Gasteiger partial charge in [-0.1, -0.05) is 24.9 Å². The summed E-state index contributed by atoms with van der Waals surface area (Å²) in [4.78, 5) is 4.38. The fourth-order valence-corrected chi connectivity index (χ4v) is 2.22. The third-order valence-corrected chi connectivity index (χ3v) is 3.35. The Morgan fingerprint density at radius 3 is 2.79 bits per heavy atom. The molecule has 0 bridgehead atoms. The minimum Gasteiger partial charge on any atom is -0.383 e. The van der Waals surface area contributed by atoms with Gasteiger partial charge in [0.1, 0.15) is 23.2 Å². The zero-order valence-electron chi connectivity index (χ0n) is 11.1. The fourth-order valence-electron chi connectivity index (χ4n) is 2.06. The second-order valence-corrected chi connectivity index (χ2v) is 4.96. The van der Waals surface area contributed by atoms with E-state index in [1.165, 1.54) is 6.07 Å². The van der Waals surface area contributed by atoms with Gasteiger partial charge in [-0.15, -0.1) is 0 Å².